The van der Waals surface area contributed by atoms with Gasteiger partial charge in [0, 0.05) is 19.5 Å². The summed E-state index contributed by atoms with van der Waals surface area (Å²) in [6, 6.07) is 0. The lowest BCUT2D eigenvalue weighted by Gasteiger charge is -2.22. The Morgan fingerprint density at radius 1 is 0.441 bits per heavy atom. The molecular formula is C50H99N3O6. The molecule has 0 aromatic heterocycles. The van der Waals surface area contributed by atoms with Crippen LogP contribution in [0.25, 0.3) is 0 Å². The first-order chi connectivity index (χ1) is 28.8. The fourth-order valence-corrected chi connectivity index (χ4v) is 7.68. The highest BCUT2D eigenvalue weighted by Crippen LogP contribution is 2.21. The number of alkyl carbamates (subject to hydrolysis) is 1. The van der Waals surface area contributed by atoms with Crippen molar-refractivity contribution < 1.29 is 28.6 Å². The van der Waals surface area contributed by atoms with Crippen molar-refractivity contribution in [3.8, 4) is 0 Å². The number of ether oxygens (including phenoxy) is 3. The van der Waals surface area contributed by atoms with Gasteiger partial charge in [0.15, 0.2) is 0 Å². The van der Waals surface area contributed by atoms with Gasteiger partial charge in [0.1, 0.15) is 0 Å². The third-order valence-corrected chi connectivity index (χ3v) is 11.5. The second-order valence-corrected chi connectivity index (χ2v) is 17.7. The summed E-state index contributed by atoms with van der Waals surface area (Å²) in [5, 5.41) is 2.86. The summed E-state index contributed by atoms with van der Waals surface area (Å²) < 4.78 is 16.8. The summed E-state index contributed by atoms with van der Waals surface area (Å²) in [5.74, 6) is 0.107. The van der Waals surface area contributed by atoms with Gasteiger partial charge in [-0.2, -0.15) is 0 Å². The van der Waals surface area contributed by atoms with E-state index in [2.05, 4.69) is 35.9 Å². The molecule has 1 unspecified atom stereocenters. The zero-order valence-corrected chi connectivity index (χ0v) is 39.9. The smallest absolute Gasteiger partial charge is 0.407 e. The third kappa shape index (κ3) is 42.6. The van der Waals surface area contributed by atoms with Gasteiger partial charge in [-0.1, -0.05) is 168 Å². The first-order valence-corrected chi connectivity index (χ1v) is 25.4. The van der Waals surface area contributed by atoms with Crippen LogP contribution in [-0.2, 0) is 23.8 Å². The zero-order valence-electron chi connectivity index (χ0n) is 39.9. The lowest BCUT2D eigenvalue weighted by atomic mass is 9.94. The van der Waals surface area contributed by atoms with Crippen LogP contribution in [0.4, 0.5) is 4.79 Å². The summed E-state index contributed by atoms with van der Waals surface area (Å²) in [7, 11) is 4.07. The van der Waals surface area contributed by atoms with Gasteiger partial charge in [0.25, 0.3) is 0 Å². The van der Waals surface area contributed by atoms with Crippen molar-refractivity contribution >= 4 is 18.0 Å². The van der Waals surface area contributed by atoms with Crippen molar-refractivity contribution in [2.24, 2.45) is 5.92 Å². The van der Waals surface area contributed by atoms with Gasteiger partial charge in [-0.25, -0.2) is 4.79 Å². The summed E-state index contributed by atoms with van der Waals surface area (Å²) in [5.41, 5.74) is 0. The molecule has 9 heteroatoms. The number of hydrogen-bond donors (Lipinski definition) is 1. The minimum atomic E-state index is -0.316. The lowest BCUT2D eigenvalue weighted by Crippen LogP contribution is -2.30. The van der Waals surface area contributed by atoms with Gasteiger partial charge in [-0.3, -0.25) is 9.59 Å². The van der Waals surface area contributed by atoms with E-state index in [0.29, 0.717) is 32.8 Å². The molecule has 0 saturated carbocycles. The molecule has 59 heavy (non-hydrogen) atoms. The predicted octanol–water partition coefficient (Wildman–Crippen LogP) is 13.2. The van der Waals surface area contributed by atoms with Crippen LogP contribution >= 0.6 is 0 Å². The fourth-order valence-electron chi connectivity index (χ4n) is 7.68. The SMILES string of the molecule is CCCCCCCCCC(=O)OCCCCCCCN(CCCCCCCCOC(=O)C(CCCCCC)CCCCCCCC)CCCOC(=O)NCCCN(C)C. The normalized spacial score (nSPS) is 12.0. The van der Waals surface area contributed by atoms with Gasteiger partial charge < -0.3 is 29.3 Å². The third-order valence-electron chi connectivity index (χ3n) is 11.5. The van der Waals surface area contributed by atoms with E-state index in [1.165, 1.54) is 116 Å². The molecule has 0 bridgehead atoms. The predicted molar refractivity (Wildman–Crippen MR) is 249 cm³/mol. The van der Waals surface area contributed by atoms with Crippen molar-refractivity contribution in [1.82, 2.24) is 15.1 Å². The maximum Gasteiger partial charge on any atom is 0.407 e. The molecular weight excluding hydrogens is 739 g/mol. The van der Waals surface area contributed by atoms with Gasteiger partial charge in [-0.15, -0.1) is 0 Å². The van der Waals surface area contributed by atoms with E-state index in [1.807, 2.05) is 14.1 Å². The zero-order chi connectivity index (χ0) is 43.3. The highest BCUT2D eigenvalue weighted by atomic mass is 16.5. The highest BCUT2D eigenvalue weighted by molar-refractivity contribution is 5.72. The fraction of sp³-hybridized carbons (Fsp3) is 0.940. The Morgan fingerprint density at radius 2 is 0.864 bits per heavy atom. The van der Waals surface area contributed by atoms with E-state index in [9.17, 15) is 14.4 Å². The quantitative estimate of drug-likeness (QED) is 0.0368. The van der Waals surface area contributed by atoms with E-state index in [-0.39, 0.29) is 23.9 Å². The molecule has 0 heterocycles. The van der Waals surface area contributed by atoms with Crippen LogP contribution in [0.15, 0.2) is 0 Å². The maximum absolute atomic E-state index is 13.0. The molecule has 0 aliphatic heterocycles. The molecule has 1 N–H and O–H groups in total. The molecule has 0 aromatic rings. The molecule has 1 amide bonds. The van der Waals surface area contributed by atoms with Crippen LogP contribution in [0, 0.1) is 5.92 Å². The summed E-state index contributed by atoms with van der Waals surface area (Å²) in [6.45, 7) is 12.9. The first kappa shape index (κ1) is 57.1. The van der Waals surface area contributed by atoms with Gasteiger partial charge in [0.05, 0.1) is 25.7 Å². The minimum absolute atomic E-state index is 0.0312. The van der Waals surface area contributed by atoms with Crippen LogP contribution in [0.2, 0.25) is 0 Å². The summed E-state index contributed by atoms with van der Waals surface area (Å²) in [4.78, 5) is 41.8. The van der Waals surface area contributed by atoms with Crippen molar-refractivity contribution in [2.45, 2.75) is 233 Å². The van der Waals surface area contributed by atoms with Crippen molar-refractivity contribution in [2.75, 3.05) is 66.6 Å². The number of hydrogen-bond acceptors (Lipinski definition) is 8. The molecule has 1 atom stereocenters. The Kier molecular flexibility index (Phi) is 44.2. The van der Waals surface area contributed by atoms with Crippen LogP contribution < -0.4 is 5.32 Å². The van der Waals surface area contributed by atoms with Crippen LogP contribution in [0.3, 0.4) is 0 Å². The number of unbranched alkanes of at least 4 members (excludes halogenated alkanes) is 23. The number of esters is 2. The number of rotatable bonds is 46. The van der Waals surface area contributed by atoms with Crippen LogP contribution in [0.1, 0.15) is 233 Å². The molecule has 0 fully saturated rings. The van der Waals surface area contributed by atoms with Crippen molar-refractivity contribution in [3.05, 3.63) is 0 Å². The maximum atomic E-state index is 13.0. The molecule has 0 radical (unpaired) electrons. The van der Waals surface area contributed by atoms with Crippen LogP contribution in [0.5, 0.6) is 0 Å². The number of amides is 1. The highest BCUT2D eigenvalue weighted by Gasteiger charge is 2.19. The average Bonchev–Trinajstić information content (AvgIpc) is 3.22. The number of carbonyl (C=O) groups is 3. The summed E-state index contributed by atoms with van der Waals surface area (Å²) in [6.07, 6.45) is 37.3. The average molecular weight is 838 g/mol. The topological polar surface area (TPSA) is 97.4 Å². The molecule has 350 valence electrons. The van der Waals surface area contributed by atoms with E-state index in [0.717, 1.165) is 116 Å². The van der Waals surface area contributed by atoms with E-state index in [1.54, 1.807) is 0 Å². The van der Waals surface area contributed by atoms with Crippen molar-refractivity contribution in [3.63, 3.8) is 0 Å². The van der Waals surface area contributed by atoms with Gasteiger partial charge >= 0.3 is 18.0 Å². The Balaban J connectivity index is 4.39. The Hall–Kier alpha value is -1.87. The van der Waals surface area contributed by atoms with E-state index in [4.69, 9.17) is 14.2 Å². The molecule has 9 nitrogen and oxygen atoms in total. The molecule has 0 rings (SSSR count). The first-order valence-electron chi connectivity index (χ1n) is 25.4. The van der Waals surface area contributed by atoms with Gasteiger partial charge in [0.2, 0.25) is 0 Å². The molecule has 0 spiro atoms. The monoisotopic (exact) mass is 838 g/mol. The number of nitrogens with one attached hydrogen (secondary N) is 1. The molecule has 0 aliphatic carbocycles. The minimum Gasteiger partial charge on any atom is -0.466 e. The second kappa shape index (κ2) is 45.7. The Labute approximate surface area is 366 Å². The van der Waals surface area contributed by atoms with E-state index >= 15 is 0 Å². The lowest BCUT2D eigenvalue weighted by molar-refractivity contribution is -0.149. The largest absolute Gasteiger partial charge is 0.466 e. The molecule has 0 saturated heterocycles. The van der Waals surface area contributed by atoms with Crippen LogP contribution in [-0.4, -0.2) is 94.5 Å². The number of nitrogens with zero attached hydrogens (tertiary/aromatic N) is 2. The van der Waals surface area contributed by atoms with E-state index < -0.39 is 0 Å². The molecule has 0 aromatic carbocycles. The number of carbonyl (C=O) groups excluding carboxylic acids is 3. The van der Waals surface area contributed by atoms with Crippen molar-refractivity contribution in [1.29, 1.82) is 0 Å². The standard InChI is InChI=1S/C50H99N3O6/c1-6-9-12-15-17-22-29-38-48(54)57-44-32-26-20-24-31-42-53(43-35-46-59-50(56)51-39-34-40-52(4)5)41-30-23-18-19-25-33-45-58-49(55)47(36-27-14-11-8-3)37-28-21-16-13-10-7-2/h47H,6-46H2,1-5H3,(H,51,56). The molecule has 0 aliphatic rings. The Bertz CT molecular complexity index is 919. The Morgan fingerprint density at radius 3 is 1.41 bits per heavy atom. The summed E-state index contributed by atoms with van der Waals surface area (Å²) >= 11 is 0. The second-order valence-electron chi connectivity index (χ2n) is 17.7. The van der Waals surface area contributed by atoms with Gasteiger partial charge in [-0.05, 0) is 91.5 Å².